The number of nitrogens with zero attached hydrogens (tertiary/aromatic N) is 2. The van der Waals surface area contributed by atoms with Gasteiger partial charge in [-0.1, -0.05) is 6.92 Å². The highest BCUT2D eigenvalue weighted by Crippen LogP contribution is 2.27. The highest BCUT2D eigenvalue weighted by atomic mass is 32.2. The first-order valence-corrected chi connectivity index (χ1v) is 9.07. The fourth-order valence-corrected chi connectivity index (χ4v) is 5.41. The average molecular weight is 313 g/mol. The van der Waals surface area contributed by atoms with Crippen molar-refractivity contribution in [3.8, 4) is 6.07 Å². The van der Waals surface area contributed by atoms with Gasteiger partial charge in [0.15, 0.2) is 0 Å². The summed E-state index contributed by atoms with van der Waals surface area (Å²) in [6.07, 6.45) is 2.67. The molecule has 0 aliphatic carbocycles. The zero-order chi connectivity index (χ0) is 14.6. The number of thiophene rings is 1. The van der Waals surface area contributed by atoms with E-state index in [2.05, 4.69) is 5.32 Å². The van der Waals surface area contributed by atoms with E-state index in [0.717, 1.165) is 37.1 Å². The van der Waals surface area contributed by atoms with Crippen LogP contribution in [0.4, 0.5) is 0 Å². The van der Waals surface area contributed by atoms with Crippen molar-refractivity contribution in [2.75, 3.05) is 19.6 Å². The smallest absolute Gasteiger partial charge is 0.252 e. The molecule has 1 aromatic heterocycles. The first-order valence-electron chi connectivity index (χ1n) is 6.82. The maximum absolute atomic E-state index is 12.7. The molecular weight excluding hydrogens is 294 g/mol. The van der Waals surface area contributed by atoms with Gasteiger partial charge in [0, 0.05) is 19.1 Å². The van der Waals surface area contributed by atoms with Gasteiger partial charge in [0.1, 0.15) is 15.2 Å². The Labute approximate surface area is 124 Å². The highest BCUT2D eigenvalue weighted by molar-refractivity contribution is 7.91. The Morgan fingerprint density at radius 3 is 2.90 bits per heavy atom. The van der Waals surface area contributed by atoms with E-state index in [9.17, 15) is 8.42 Å². The fourth-order valence-electron chi connectivity index (χ4n) is 2.43. The number of hydrogen-bond donors (Lipinski definition) is 1. The quantitative estimate of drug-likeness (QED) is 0.899. The molecule has 1 fully saturated rings. The molecule has 0 amide bonds. The summed E-state index contributed by atoms with van der Waals surface area (Å²) in [4.78, 5) is 0.432. The van der Waals surface area contributed by atoms with E-state index in [4.69, 9.17) is 5.26 Å². The van der Waals surface area contributed by atoms with Crippen molar-refractivity contribution >= 4 is 21.4 Å². The van der Waals surface area contributed by atoms with Gasteiger partial charge >= 0.3 is 0 Å². The van der Waals surface area contributed by atoms with Gasteiger partial charge in [-0.25, -0.2) is 8.42 Å². The SMILES string of the molecule is CCCN(C1CCCNC1)S(=O)(=O)c1ccc(C#N)s1. The number of sulfonamides is 1. The van der Waals surface area contributed by atoms with Crippen molar-refractivity contribution in [1.82, 2.24) is 9.62 Å². The fraction of sp³-hybridized carbons (Fsp3) is 0.615. The van der Waals surface area contributed by atoms with Crippen molar-refractivity contribution in [2.45, 2.75) is 36.4 Å². The van der Waals surface area contributed by atoms with Crippen molar-refractivity contribution < 1.29 is 8.42 Å². The average Bonchev–Trinajstić information content (AvgIpc) is 2.95. The molecule has 2 heterocycles. The van der Waals surface area contributed by atoms with Gasteiger partial charge in [-0.2, -0.15) is 9.57 Å². The summed E-state index contributed by atoms with van der Waals surface area (Å²) in [6.45, 7) is 4.16. The minimum atomic E-state index is -3.49. The monoisotopic (exact) mass is 313 g/mol. The van der Waals surface area contributed by atoms with E-state index in [1.165, 1.54) is 6.07 Å². The van der Waals surface area contributed by atoms with Gasteiger partial charge in [-0.15, -0.1) is 11.3 Å². The molecule has 1 unspecified atom stereocenters. The number of nitriles is 1. The van der Waals surface area contributed by atoms with Crippen LogP contribution in [0.15, 0.2) is 16.3 Å². The Balaban J connectivity index is 2.28. The molecule has 0 saturated carbocycles. The first-order chi connectivity index (χ1) is 9.59. The van der Waals surface area contributed by atoms with Gasteiger partial charge in [-0.05, 0) is 37.9 Å². The lowest BCUT2D eigenvalue weighted by molar-refractivity contribution is 0.266. The second-order valence-corrected chi connectivity index (χ2v) is 8.05. The van der Waals surface area contributed by atoms with Gasteiger partial charge < -0.3 is 5.32 Å². The van der Waals surface area contributed by atoms with E-state index in [1.54, 1.807) is 10.4 Å². The van der Waals surface area contributed by atoms with Crippen LogP contribution in [0.2, 0.25) is 0 Å². The van der Waals surface area contributed by atoms with E-state index in [-0.39, 0.29) is 10.3 Å². The van der Waals surface area contributed by atoms with E-state index >= 15 is 0 Å². The third kappa shape index (κ3) is 3.20. The third-order valence-electron chi connectivity index (χ3n) is 3.38. The van der Waals surface area contributed by atoms with E-state index in [0.29, 0.717) is 18.0 Å². The molecular formula is C13H19N3O2S2. The van der Waals surface area contributed by atoms with Crippen LogP contribution in [0.25, 0.3) is 0 Å². The molecule has 1 N–H and O–H groups in total. The van der Waals surface area contributed by atoms with Crippen molar-refractivity contribution in [3.05, 3.63) is 17.0 Å². The topological polar surface area (TPSA) is 73.2 Å². The Bertz CT molecular complexity index is 583. The summed E-state index contributed by atoms with van der Waals surface area (Å²) in [6, 6.07) is 5.12. The second-order valence-electron chi connectivity index (χ2n) is 4.85. The normalized spacial score (nSPS) is 19.9. The molecule has 7 heteroatoms. The lowest BCUT2D eigenvalue weighted by Crippen LogP contribution is -2.48. The van der Waals surface area contributed by atoms with Crippen LogP contribution in [-0.4, -0.2) is 38.4 Å². The minimum Gasteiger partial charge on any atom is -0.315 e. The van der Waals surface area contributed by atoms with Crippen LogP contribution in [0.1, 0.15) is 31.1 Å². The van der Waals surface area contributed by atoms with E-state index in [1.807, 2.05) is 13.0 Å². The van der Waals surface area contributed by atoms with Crippen LogP contribution in [0.5, 0.6) is 0 Å². The predicted molar refractivity (Wildman–Crippen MR) is 79.1 cm³/mol. The molecule has 5 nitrogen and oxygen atoms in total. The Morgan fingerprint density at radius 1 is 1.55 bits per heavy atom. The predicted octanol–water partition coefficient (Wildman–Crippen LogP) is 1.77. The number of piperidine rings is 1. The highest BCUT2D eigenvalue weighted by Gasteiger charge is 2.32. The molecule has 1 aromatic rings. The molecule has 1 atom stereocenters. The third-order valence-corrected chi connectivity index (χ3v) is 6.79. The van der Waals surface area contributed by atoms with Crippen LogP contribution in [-0.2, 0) is 10.0 Å². The summed E-state index contributed by atoms with van der Waals surface area (Å²) in [5.41, 5.74) is 0. The molecule has 20 heavy (non-hydrogen) atoms. The first kappa shape index (κ1) is 15.4. The molecule has 0 bridgehead atoms. The van der Waals surface area contributed by atoms with Crippen molar-refractivity contribution in [2.24, 2.45) is 0 Å². The van der Waals surface area contributed by atoms with Crippen molar-refractivity contribution in [1.29, 1.82) is 5.26 Å². The van der Waals surface area contributed by atoms with Gasteiger partial charge in [-0.3, -0.25) is 0 Å². The Hall–Kier alpha value is -0.940. The largest absolute Gasteiger partial charge is 0.315 e. The van der Waals surface area contributed by atoms with Crippen LogP contribution in [0, 0.1) is 11.3 Å². The summed E-state index contributed by atoms with van der Waals surface area (Å²) >= 11 is 1.05. The summed E-state index contributed by atoms with van der Waals surface area (Å²) < 4.78 is 27.4. The van der Waals surface area contributed by atoms with Gasteiger partial charge in [0.2, 0.25) is 0 Å². The van der Waals surface area contributed by atoms with E-state index < -0.39 is 10.0 Å². The lowest BCUT2D eigenvalue weighted by Gasteiger charge is -2.33. The zero-order valence-electron chi connectivity index (χ0n) is 11.5. The molecule has 1 aliphatic heterocycles. The number of rotatable bonds is 5. The molecule has 0 spiro atoms. The van der Waals surface area contributed by atoms with Crippen molar-refractivity contribution in [3.63, 3.8) is 0 Å². The molecule has 2 rings (SSSR count). The summed E-state index contributed by atoms with van der Waals surface area (Å²) in [5, 5.41) is 12.1. The van der Waals surface area contributed by atoms with Crippen LogP contribution in [0.3, 0.4) is 0 Å². The molecule has 110 valence electrons. The standard InChI is InChI=1S/C13H19N3O2S2/c1-2-8-16(11-4-3-7-15-10-11)20(17,18)13-6-5-12(9-14)19-13/h5-6,11,15H,2-4,7-8,10H2,1H3. The maximum atomic E-state index is 12.7. The van der Waals surface area contributed by atoms with Crippen LogP contribution < -0.4 is 5.32 Å². The second kappa shape index (κ2) is 6.68. The maximum Gasteiger partial charge on any atom is 0.252 e. The summed E-state index contributed by atoms with van der Waals surface area (Å²) in [7, 11) is -3.49. The number of nitrogens with one attached hydrogen (secondary N) is 1. The summed E-state index contributed by atoms with van der Waals surface area (Å²) in [5.74, 6) is 0. The lowest BCUT2D eigenvalue weighted by atomic mass is 10.1. The number of hydrogen-bond acceptors (Lipinski definition) is 5. The minimum absolute atomic E-state index is 0.0151. The Kier molecular flexibility index (Phi) is 5.16. The van der Waals surface area contributed by atoms with Gasteiger partial charge in [0.25, 0.3) is 10.0 Å². The van der Waals surface area contributed by atoms with Gasteiger partial charge in [0.05, 0.1) is 0 Å². The molecule has 1 saturated heterocycles. The molecule has 0 aromatic carbocycles. The van der Waals surface area contributed by atoms with Crippen LogP contribution >= 0.6 is 11.3 Å². The zero-order valence-corrected chi connectivity index (χ0v) is 13.1. The Morgan fingerprint density at radius 2 is 2.35 bits per heavy atom. The molecule has 1 aliphatic rings. The molecule has 0 radical (unpaired) electrons.